The zero-order valence-electron chi connectivity index (χ0n) is 8.28. The number of hydrogen-bond donors (Lipinski definition) is 0. The Kier molecular flexibility index (Phi) is 3.84. The topological polar surface area (TPSA) is 44.8 Å². The molecule has 0 spiro atoms. The Morgan fingerprint density at radius 3 is 2.77 bits per heavy atom. The van der Waals surface area contributed by atoms with Crippen molar-refractivity contribution in [3.8, 4) is 0 Å². The van der Waals surface area contributed by atoms with E-state index in [4.69, 9.17) is 14.2 Å². The normalized spacial score (nSPS) is 34.1. The fraction of sp³-hybridized carbons (Fsp3) is 0.889. The van der Waals surface area contributed by atoms with E-state index in [1.807, 2.05) is 6.92 Å². The summed E-state index contributed by atoms with van der Waals surface area (Å²) < 4.78 is 15.6. The molecule has 3 atom stereocenters. The van der Waals surface area contributed by atoms with E-state index in [2.05, 4.69) is 0 Å². The Bertz CT molecular complexity index is 180. The SMILES string of the molecule is CCO[C@H]1C(=O)[C@H](C)O[C@@H]1COC. The second-order valence-corrected chi connectivity index (χ2v) is 3.05. The lowest BCUT2D eigenvalue weighted by atomic mass is 10.1. The van der Waals surface area contributed by atoms with E-state index < -0.39 is 6.10 Å². The van der Waals surface area contributed by atoms with E-state index in [9.17, 15) is 4.79 Å². The van der Waals surface area contributed by atoms with E-state index in [1.54, 1.807) is 14.0 Å². The van der Waals surface area contributed by atoms with Crippen molar-refractivity contribution >= 4 is 5.78 Å². The molecule has 76 valence electrons. The van der Waals surface area contributed by atoms with Crippen LogP contribution in [-0.4, -0.2) is 44.4 Å². The third-order valence-electron chi connectivity index (χ3n) is 2.07. The molecule has 0 aromatic rings. The molecule has 0 amide bonds. The molecular weight excluding hydrogens is 172 g/mol. The van der Waals surface area contributed by atoms with Crippen LogP contribution >= 0.6 is 0 Å². The van der Waals surface area contributed by atoms with Gasteiger partial charge in [-0.2, -0.15) is 0 Å². The Hall–Kier alpha value is -0.450. The fourth-order valence-corrected chi connectivity index (χ4v) is 1.48. The predicted octanol–water partition coefficient (Wildman–Crippen LogP) is 0.394. The largest absolute Gasteiger partial charge is 0.382 e. The molecule has 4 heteroatoms. The van der Waals surface area contributed by atoms with Gasteiger partial charge in [-0.15, -0.1) is 0 Å². The molecular formula is C9H16O4. The van der Waals surface area contributed by atoms with E-state index in [-0.39, 0.29) is 18.0 Å². The highest BCUT2D eigenvalue weighted by molar-refractivity contribution is 5.89. The number of carbonyl (C=O) groups is 1. The molecule has 1 heterocycles. The van der Waals surface area contributed by atoms with Crippen molar-refractivity contribution in [3.05, 3.63) is 0 Å². The van der Waals surface area contributed by atoms with Gasteiger partial charge < -0.3 is 14.2 Å². The number of ketones is 1. The van der Waals surface area contributed by atoms with E-state index >= 15 is 0 Å². The van der Waals surface area contributed by atoms with Gasteiger partial charge in [0.15, 0.2) is 5.78 Å². The van der Waals surface area contributed by atoms with Gasteiger partial charge in [-0.25, -0.2) is 0 Å². The highest BCUT2D eigenvalue weighted by Gasteiger charge is 2.41. The molecule has 0 aromatic carbocycles. The molecule has 1 rings (SSSR count). The molecule has 0 bridgehead atoms. The maximum atomic E-state index is 11.5. The number of carbonyl (C=O) groups excluding carboxylic acids is 1. The molecule has 0 aromatic heterocycles. The molecule has 13 heavy (non-hydrogen) atoms. The molecule has 0 unspecified atom stereocenters. The molecule has 1 saturated heterocycles. The number of hydrogen-bond acceptors (Lipinski definition) is 4. The molecule has 0 saturated carbocycles. The van der Waals surface area contributed by atoms with Crippen LogP contribution in [-0.2, 0) is 19.0 Å². The first kappa shape index (κ1) is 10.6. The van der Waals surface area contributed by atoms with Crippen molar-refractivity contribution in [2.24, 2.45) is 0 Å². The van der Waals surface area contributed by atoms with Crippen LogP contribution in [0.3, 0.4) is 0 Å². The quantitative estimate of drug-likeness (QED) is 0.640. The second kappa shape index (κ2) is 4.69. The molecule has 1 aliphatic rings. The van der Waals surface area contributed by atoms with Crippen LogP contribution in [0.5, 0.6) is 0 Å². The van der Waals surface area contributed by atoms with Crippen molar-refractivity contribution < 1.29 is 19.0 Å². The summed E-state index contributed by atoms with van der Waals surface area (Å²) in [5.74, 6) is 0.0175. The van der Waals surface area contributed by atoms with Crippen molar-refractivity contribution in [2.75, 3.05) is 20.3 Å². The third-order valence-corrected chi connectivity index (χ3v) is 2.07. The van der Waals surface area contributed by atoms with Crippen molar-refractivity contribution in [2.45, 2.75) is 32.2 Å². The van der Waals surface area contributed by atoms with Gasteiger partial charge in [-0.05, 0) is 13.8 Å². The van der Waals surface area contributed by atoms with Gasteiger partial charge in [0.2, 0.25) is 0 Å². The van der Waals surface area contributed by atoms with Gasteiger partial charge in [-0.3, -0.25) is 4.79 Å². The summed E-state index contributed by atoms with van der Waals surface area (Å²) in [6.45, 7) is 4.53. The highest BCUT2D eigenvalue weighted by Crippen LogP contribution is 2.19. The summed E-state index contributed by atoms with van der Waals surface area (Å²) >= 11 is 0. The van der Waals surface area contributed by atoms with Crippen molar-refractivity contribution in [1.82, 2.24) is 0 Å². The summed E-state index contributed by atoms with van der Waals surface area (Å²) in [5, 5.41) is 0. The maximum Gasteiger partial charge on any atom is 0.192 e. The fourth-order valence-electron chi connectivity index (χ4n) is 1.48. The van der Waals surface area contributed by atoms with Crippen LogP contribution in [0.25, 0.3) is 0 Å². The lowest BCUT2D eigenvalue weighted by Crippen LogP contribution is -2.33. The minimum Gasteiger partial charge on any atom is -0.382 e. The van der Waals surface area contributed by atoms with Gasteiger partial charge in [0.25, 0.3) is 0 Å². The van der Waals surface area contributed by atoms with Crippen LogP contribution in [0.15, 0.2) is 0 Å². The zero-order chi connectivity index (χ0) is 9.84. The van der Waals surface area contributed by atoms with E-state index in [1.165, 1.54) is 0 Å². The summed E-state index contributed by atoms with van der Waals surface area (Å²) in [6.07, 6.45) is -1.05. The molecule has 4 nitrogen and oxygen atoms in total. The lowest BCUT2D eigenvalue weighted by Gasteiger charge is -2.15. The predicted molar refractivity (Wildman–Crippen MR) is 46.6 cm³/mol. The van der Waals surface area contributed by atoms with Gasteiger partial charge >= 0.3 is 0 Å². The second-order valence-electron chi connectivity index (χ2n) is 3.05. The van der Waals surface area contributed by atoms with Crippen LogP contribution in [0.4, 0.5) is 0 Å². The van der Waals surface area contributed by atoms with Crippen LogP contribution in [0, 0.1) is 0 Å². The number of Topliss-reactive ketones (excluding diaryl/α,β-unsaturated/α-hetero) is 1. The zero-order valence-corrected chi connectivity index (χ0v) is 8.28. The number of ether oxygens (including phenoxy) is 3. The van der Waals surface area contributed by atoms with Gasteiger partial charge in [-0.1, -0.05) is 0 Å². The average Bonchev–Trinajstić information content (AvgIpc) is 2.34. The Morgan fingerprint density at radius 1 is 1.54 bits per heavy atom. The lowest BCUT2D eigenvalue weighted by molar-refractivity contribution is -0.129. The average molecular weight is 188 g/mol. The Balaban J connectivity index is 2.57. The Morgan fingerprint density at radius 2 is 2.23 bits per heavy atom. The van der Waals surface area contributed by atoms with Crippen LogP contribution in [0.2, 0.25) is 0 Å². The first-order valence-electron chi connectivity index (χ1n) is 4.50. The molecule has 1 fully saturated rings. The first-order chi connectivity index (χ1) is 6.20. The van der Waals surface area contributed by atoms with E-state index in [0.29, 0.717) is 13.2 Å². The molecule has 1 aliphatic heterocycles. The minimum atomic E-state index is -0.444. The van der Waals surface area contributed by atoms with Crippen LogP contribution in [0.1, 0.15) is 13.8 Å². The first-order valence-corrected chi connectivity index (χ1v) is 4.50. The smallest absolute Gasteiger partial charge is 0.192 e. The van der Waals surface area contributed by atoms with Gasteiger partial charge in [0.05, 0.1) is 6.61 Å². The van der Waals surface area contributed by atoms with Gasteiger partial charge in [0.1, 0.15) is 18.3 Å². The third kappa shape index (κ3) is 2.27. The standard InChI is InChI=1S/C9H16O4/c1-4-12-9-7(5-11-3)13-6(2)8(9)10/h6-7,9H,4-5H2,1-3H3/t6-,7+,9+/m0/s1. The van der Waals surface area contributed by atoms with Crippen molar-refractivity contribution in [1.29, 1.82) is 0 Å². The molecule has 0 N–H and O–H groups in total. The minimum absolute atomic E-state index is 0.0175. The number of rotatable bonds is 4. The Labute approximate surface area is 78.2 Å². The molecule has 0 radical (unpaired) electrons. The summed E-state index contributed by atoms with van der Waals surface area (Å²) in [7, 11) is 1.58. The van der Waals surface area contributed by atoms with E-state index in [0.717, 1.165) is 0 Å². The summed E-state index contributed by atoms with van der Waals surface area (Å²) in [5.41, 5.74) is 0. The molecule has 0 aliphatic carbocycles. The monoisotopic (exact) mass is 188 g/mol. The van der Waals surface area contributed by atoms with Gasteiger partial charge in [0, 0.05) is 13.7 Å². The summed E-state index contributed by atoms with van der Waals surface area (Å²) in [4.78, 5) is 11.5. The van der Waals surface area contributed by atoms with Crippen molar-refractivity contribution in [3.63, 3.8) is 0 Å². The maximum absolute atomic E-state index is 11.5. The number of methoxy groups -OCH3 is 1. The summed E-state index contributed by atoms with van der Waals surface area (Å²) in [6, 6.07) is 0. The highest BCUT2D eigenvalue weighted by atomic mass is 16.6. The van der Waals surface area contributed by atoms with Crippen LogP contribution < -0.4 is 0 Å².